The molecule has 0 bridgehead atoms. The van der Waals surface area contributed by atoms with Crippen LogP contribution in [0.15, 0.2) is 71.9 Å². The molecule has 1 aromatic heterocycles. The van der Waals surface area contributed by atoms with Crippen LogP contribution >= 0.6 is 23.4 Å². The summed E-state index contributed by atoms with van der Waals surface area (Å²) in [6.45, 7) is 4.52. The molecule has 204 valence electrons. The fourth-order valence-electron chi connectivity index (χ4n) is 4.75. The largest absolute Gasteiger partial charge is 0.416 e. The normalized spacial score (nSPS) is 19.7. The minimum absolute atomic E-state index is 0.187. The molecule has 2 aromatic carbocycles. The lowest BCUT2D eigenvalue weighted by molar-refractivity contribution is -0.137. The zero-order valence-electron chi connectivity index (χ0n) is 21.0. The number of amides is 1. The van der Waals surface area contributed by atoms with Gasteiger partial charge in [-0.2, -0.15) is 13.2 Å². The predicted octanol–water partition coefficient (Wildman–Crippen LogP) is 5.98. The first-order chi connectivity index (χ1) is 18.8. The first-order valence-electron chi connectivity index (χ1n) is 12.6. The summed E-state index contributed by atoms with van der Waals surface area (Å²) in [4.78, 5) is 28.8. The minimum Gasteiger partial charge on any atom is -0.338 e. The number of carbonyl (C=O) groups excluding carboxylic acids is 1. The number of nitrogens with zero attached hydrogens (tertiary/aromatic N) is 5. The number of carbonyl (C=O) groups is 1. The van der Waals surface area contributed by atoms with Crippen LogP contribution in [-0.2, 0) is 11.0 Å². The average molecular weight is 574 g/mol. The molecule has 0 aliphatic carbocycles. The molecule has 2 aliphatic heterocycles. The minimum atomic E-state index is -4.46. The van der Waals surface area contributed by atoms with Crippen molar-refractivity contribution >= 4 is 41.3 Å². The van der Waals surface area contributed by atoms with E-state index in [4.69, 9.17) is 11.6 Å². The Morgan fingerprint density at radius 1 is 0.974 bits per heavy atom. The van der Waals surface area contributed by atoms with E-state index >= 15 is 0 Å². The van der Waals surface area contributed by atoms with E-state index in [0.717, 1.165) is 56.4 Å². The van der Waals surface area contributed by atoms with Crippen LogP contribution in [0.4, 0.5) is 19.1 Å². The van der Waals surface area contributed by atoms with Gasteiger partial charge in [-0.25, -0.2) is 9.97 Å². The van der Waals surface area contributed by atoms with Crippen molar-refractivity contribution in [1.29, 1.82) is 0 Å². The molecule has 1 amide bonds. The third-order valence-corrected chi connectivity index (χ3v) is 8.25. The first kappa shape index (κ1) is 27.5. The molecule has 0 spiro atoms. The second-order valence-electron chi connectivity index (χ2n) is 9.39. The second-order valence-corrected chi connectivity index (χ2v) is 10.9. The van der Waals surface area contributed by atoms with Crippen LogP contribution < -0.4 is 4.90 Å². The molecule has 6 nitrogen and oxygen atoms in total. The Kier molecular flexibility index (Phi) is 8.44. The molecule has 1 atom stereocenters. The number of thioether (sulfide) groups is 1. The number of rotatable bonds is 7. The molecule has 0 saturated carbocycles. The van der Waals surface area contributed by atoms with Gasteiger partial charge in [0.25, 0.3) is 5.91 Å². The van der Waals surface area contributed by atoms with Crippen molar-refractivity contribution in [3.63, 3.8) is 0 Å². The Morgan fingerprint density at radius 2 is 1.72 bits per heavy atom. The van der Waals surface area contributed by atoms with Crippen LogP contribution in [0.5, 0.6) is 0 Å². The third kappa shape index (κ3) is 6.74. The highest BCUT2D eigenvalue weighted by molar-refractivity contribution is 8.04. The maximum absolute atomic E-state index is 13.5. The standard InChI is InChI=1S/C28H27ClF3N5OS/c29-23-8-1-5-20(17-23)18-24-25(38)37(26(39-24)21-6-2-7-22(19-21)28(30,31)32)12-4-11-35-13-15-36(16-14-35)27-33-9-3-10-34-27/h1-3,5-10,17-19,26H,4,11-16H2. The zero-order chi connectivity index (χ0) is 27.4. The maximum Gasteiger partial charge on any atom is 0.416 e. The molecule has 5 rings (SSSR count). The van der Waals surface area contributed by atoms with Gasteiger partial charge in [-0.05, 0) is 60.5 Å². The molecule has 1 unspecified atom stereocenters. The van der Waals surface area contributed by atoms with Crippen LogP contribution in [0, 0.1) is 0 Å². The van der Waals surface area contributed by atoms with Gasteiger partial charge >= 0.3 is 6.18 Å². The fourth-order valence-corrected chi connectivity index (χ4v) is 6.22. The molecular formula is C28H27ClF3N5OS. The van der Waals surface area contributed by atoms with Crippen LogP contribution in [-0.4, -0.2) is 64.9 Å². The van der Waals surface area contributed by atoms with Crippen molar-refractivity contribution < 1.29 is 18.0 Å². The van der Waals surface area contributed by atoms with Crippen molar-refractivity contribution in [2.24, 2.45) is 0 Å². The van der Waals surface area contributed by atoms with Crippen LogP contribution in [0.1, 0.15) is 28.5 Å². The number of halogens is 4. The van der Waals surface area contributed by atoms with Crippen molar-refractivity contribution in [1.82, 2.24) is 19.8 Å². The van der Waals surface area contributed by atoms with Gasteiger partial charge in [-0.15, -0.1) is 0 Å². The average Bonchev–Trinajstić information content (AvgIpc) is 3.24. The molecule has 3 heterocycles. The van der Waals surface area contributed by atoms with Crippen LogP contribution in [0.25, 0.3) is 6.08 Å². The maximum atomic E-state index is 13.5. The highest BCUT2D eigenvalue weighted by atomic mass is 35.5. The number of piperazine rings is 1. The summed E-state index contributed by atoms with van der Waals surface area (Å²) >= 11 is 7.39. The number of hydrogen-bond acceptors (Lipinski definition) is 6. The van der Waals surface area contributed by atoms with Gasteiger partial charge in [-0.3, -0.25) is 9.69 Å². The van der Waals surface area contributed by atoms with E-state index in [0.29, 0.717) is 28.5 Å². The van der Waals surface area contributed by atoms with Crippen molar-refractivity contribution in [2.75, 3.05) is 44.2 Å². The van der Waals surface area contributed by atoms with E-state index in [-0.39, 0.29) is 5.91 Å². The molecule has 0 radical (unpaired) electrons. The predicted molar refractivity (Wildman–Crippen MR) is 148 cm³/mol. The van der Waals surface area contributed by atoms with E-state index in [1.165, 1.54) is 17.8 Å². The SMILES string of the molecule is O=C1C(=Cc2cccc(Cl)c2)SC(c2cccc(C(F)(F)F)c2)N1CCCN1CCN(c2ncccn2)CC1. The molecule has 2 fully saturated rings. The molecule has 0 N–H and O–H groups in total. The summed E-state index contributed by atoms with van der Waals surface area (Å²) in [5.74, 6) is 0.535. The molecule has 39 heavy (non-hydrogen) atoms. The van der Waals surface area contributed by atoms with E-state index in [1.54, 1.807) is 53.7 Å². The van der Waals surface area contributed by atoms with Crippen molar-refractivity contribution in [2.45, 2.75) is 18.0 Å². The van der Waals surface area contributed by atoms with Gasteiger partial charge < -0.3 is 9.80 Å². The molecule has 3 aromatic rings. The summed E-state index contributed by atoms with van der Waals surface area (Å²) in [5, 5.41) is 0.00214. The highest BCUT2D eigenvalue weighted by Crippen LogP contribution is 2.47. The van der Waals surface area contributed by atoms with Gasteiger partial charge in [0.1, 0.15) is 5.37 Å². The Morgan fingerprint density at radius 3 is 2.44 bits per heavy atom. The highest BCUT2D eigenvalue weighted by Gasteiger charge is 2.38. The number of benzene rings is 2. The van der Waals surface area contributed by atoms with Crippen molar-refractivity contribution in [3.8, 4) is 0 Å². The van der Waals surface area contributed by atoms with Crippen LogP contribution in [0.2, 0.25) is 5.02 Å². The zero-order valence-corrected chi connectivity index (χ0v) is 22.6. The lowest BCUT2D eigenvalue weighted by atomic mass is 10.1. The lowest BCUT2D eigenvalue weighted by Crippen LogP contribution is -2.47. The van der Waals surface area contributed by atoms with Gasteiger partial charge in [0.15, 0.2) is 0 Å². The summed E-state index contributed by atoms with van der Waals surface area (Å²) in [5.41, 5.74) is 0.498. The van der Waals surface area contributed by atoms with Gasteiger partial charge in [0, 0.05) is 50.1 Å². The lowest BCUT2D eigenvalue weighted by Gasteiger charge is -2.35. The summed E-state index contributed by atoms with van der Waals surface area (Å²) in [7, 11) is 0. The van der Waals surface area contributed by atoms with Gasteiger partial charge in [-0.1, -0.05) is 47.6 Å². The van der Waals surface area contributed by atoms with E-state index in [9.17, 15) is 18.0 Å². The first-order valence-corrected chi connectivity index (χ1v) is 13.9. The topological polar surface area (TPSA) is 52.6 Å². The Bertz CT molecular complexity index is 1330. The Labute approximate surface area is 234 Å². The second kappa shape index (κ2) is 12.0. The van der Waals surface area contributed by atoms with E-state index in [1.807, 2.05) is 6.07 Å². The number of hydrogen-bond donors (Lipinski definition) is 0. The monoisotopic (exact) mass is 573 g/mol. The Hall–Kier alpha value is -3.08. The smallest absolute Gasteiger partial charge is 0.338 e. The van der Waals surface area contributed by atoms with E-state index < -0.39 is 17.1 Å². The van der Waals surface area contributed by atoms with Gasteiger partial charge in [0.05, 0.1) is 10.5 Å². The third-order valence-electron chi connectivity index (χ3n) is 6.72. The summed E-state index contributed by atoms with van der Waals surface area (Å²) in [6, 6.07) is 14.2. The number of alkyl halides is 3. The molecule has 2 saturated heterocycles. The van der Waals surface area contributed by atoms with E-state index in [2.05, 4.69) is 19.8 Å². The van der Waals surface area contributed by atoms with Gasteiger partial charge in [0.2, 0.25) is 5.95 Å². The quantitative estimate of drug-likeness (QED) is 0.324. The number of aromatic nitrogens is 2. The van der Waals surface area contributed by atoms with Crippen LogP contribution in [0.3, 0.4) is 0 Å². The Balaban J connectivity index is 1.28. The van der Waals surface area contributed by atoms with Crippen molar-refractivity contribution in [3.05, 3.63) is 93.6 Å². The summed E-state index contributed by atoms with van der Waals surface area (Å²) < 4.78 is 40.3. The summed E-state index contributed by atoms with van der Waals surface area (Å²) in [6.07, 6.45) is 1.46. The number of anilines is 1. The molecule has 11 heteroatoms. The molecular weight excluding hydrogens is 547 g/mol. The molecule has 2 aliphatic rings. The fraction of sp³-hybridized carbons (Fsp3) is 0.321.